The molecule has 3 rings (SSSR count). The molecule has 0 aromatic heterocycles. The highest BCUT2D eigenvalue weighted by atomic mass is 32.2. The number of anilines is 1. The van der Waals surface area contributed by atoms with Gasteiger partial charge < -0.3 is 11.1 Å². The maximum Gasteiger partial charge on any atom is 0.250 e. The van der Waals surface area contributed by atoms with E-state index >= 15 is 0 Å². The molecule has 1 aliphatic heterocycles. The van der Waals surface area contributed by atoms with E-state index in [0.717, 1.165) is 16.8 Å². The highest BCUT2D eigenvalue weighted by Gasteiger charge is 2.33. The number of hydrogen-bond acceptors (Lipinski definition) is 4. The molecule has 1 heterocycles. The summed E-state index contributed by atoms with van der Waals surface area (Å²) in [5, 5.41) is 2.96. The molecule has 2 aromatic carbocycles. The number of rotatable bonds is 5. The number of sulfonamides is 1. The minimum atomic E-state index is -3.86. The topological polar surface area (TPSA) is 110 Å². The van der Waals surface area contributed by atoms with E-state index in [1.807, 2.05) is 32.0 Å². The Morgan fingerprint density at radius 2 is 1.72 bits per heavy atom. The summed E-state index contributed by atoms with van der Waals surface area (Å²) in [6, 6.07) is 11.8. The molecule has 7 nitrogen and oxygen atoms in total. The van der Waals surface area contributed by atoms with Gasteiger partial charge in [-0.15, -0.1) is 0 Å². The van der Waals surface area contributed by atoms with Gasteiger partial charge in [-0.2, -0.15) is 4.31 Å². The third kappa shape index (κ3) is 4.49. The second-order valence-electron chi connectivity index (χ2n) is 7.35. The van der Waals surface area contributed by atoms with Crippen LogP contribution in [-0.4, -0.2) is 37.6 Å². The minimum absolute atomic E-state index is 0.0257. The lowest BCUT2D eigenvalue weighted by Gasteiger charge is -2.31. The predicted molar refractivity (Wildman–Crippen MR) is 111 cm³/mol. The SMILES string of the molecule is Cc1ccc(C)c(NC(=O)C2CCN(S(=O)(=O)c3ccccc3C(N)=O)CC2)c1. The maximum absolute atomic E-state index is 13.0. The smallest absolute Gasteiger partial charge is 0.250 e. The van der Waals surface area contributed by atoms with Crippen LogP contribution >= 0.6 is 0 Å². The number of carbonyl (C=O) groups is 2. The van der Waals surface area contributed by atoms with Crippen molar-refractivity contribution in [2.45, 2.75) is 31.6 Å². The zero-order valence-electron chi connectivity index (χ0n) is 16.5. The van der Waals surface area contributed by atoms with Crippen LogP contribution < -0.4 is 11.1 Å². The highest BCUT2D eigenvalue weighted by molar-refractivity contribution is 7.89. The van der Waals surface area contributed by atoms with Gasteiger partial charge in [0, 0.05) is 24.7 Å². The quantitative estimate of drug-likeness (QED) is 0.781. The number of piperidine rings is 1. The van der Waals surface area contributed by atoms with Crippen LogP contribution in [0.3, 0.4) is 0 Å². The number of carbonyl (C=O) groups excluding carboxylic acids is 2. The van der Waals surface area contributed by atoms with Crippen LogP contribution in [0.4, 0.5) is 5.69 Å². The summed E-state index contributed by atoms with van der Waals surface area (Å²) in [6.07, 6.45) is 0.823. The molecule has 29 heavy (non-hydrogen) atoms. The first-order chi connectivity index (χ1) is 13.7. The first kappa shape index (κ1) is 21.0. The van der Waals surface area contributed by atoms with Crippen molar-refractivity contribution in [2.24, 2.45) is 11.7 Å². The van der Waals surface area contributed by atoms with Crippen LogP contribution in [0.25, 0.3) is 0 Å². The Kier molecular flexibility index (Phi) is 6.04. The van der Waals surface area contributed by atoms with Gasteiger partial charge >= 0.3 is 0 Å². The minimum Gasteiger partial charge on any atom is -0.366 e. The molecule has 0 unspecified atom stereocenters. The van der Waals surface area contributed by atoms with E-state index in [0.29, 0.717) is 12.8 Å². The van der Waals surface area contributed by atoms with Crippen molar-refractivity contribution in [1.82, 2.24) is 4.31 Å². The molecule has 154 valence electrons. The first-order valence-electron chi connectivity index (χ1n) is 9.47. The van der Waals surface area contributed by atoms with Gasteiger partial charge in [-0.1, -0.05) is 24.3 Å². The lowest BCUT2D eigenvalue weighted by molar-refractivity contribution is -0.120. The molecule has 2 amide bonds. The number of nitrogens with two attached hydrogens (primary N) is 1. The fourth-order valence-electron chi connectivity index (χ4n) is 3.50. The summed E-state index contributed by atoms with van der Waals surface area (Å²) in [7, 11) is -3.86. The Bertz CT molecular complexity index is 1040. The summed E-state index contributed by atoms with van der Waals surface area (Å²) in [4.78, 5) is 24.2. The number of benzene rings is 2. The molecule has 0 radical (unpaired) electrons. The summed E-state index contributed by atoms with van der Waals surface area (Å²) in [6.45, 7) is 4.31. The van der Waals surface area contributed by atoms with Gasteiger partial charge in [0.15, 0.2) is 0 Å². The molecule has 0 bridgehead atoms. The van der Waals surface area contributed by atoms with Gasteiger partial charge in [-0.05, 0) is 56.0 Å². The Morgan fingerprint density at radius 3 is 2.38 bits per heavy atom. The number of primary amides is 1. The Balaban J connectivity index is 1.69. The average molecular weight is 416 g/mol. The summed E-state index contributed by atoms with van der Waals surface area (Å²) < 4.78 is 27.3. The van der Waals surface area contributed by atoms with Crippen molar-refractivity contribution in [2.75, 3.05) is 18.4 Å². The van der Waals surface area contributed by atoms with Gasteiger partial charge in [0.1, 0.15) is 0 Å². The van der Waals surface area contributed by atoms with Crippen LogP contribution in [0.2, 0.25) is 0 Å². The fourth-order valence-corrected chi connectivity index (χ4v) is 5.16. The number of aryl methyl sites for hydroxylation is 2. The van der Waals surface area contributed by atoms with Gasteiger partial charge in [0.25, 0.3) is 0 Å². The van der Waals surface area contributed by atoms with Crippen LogP contribution in [0, 0.1) is 19.8 Å². The maximum atomic E-state index is 13.0. The second kappa shape index (κ2) is 8.34. The standard InChI is InChI=1S/C21H25N3O4S/c1-14-7-8-15(2)18(13-14)23-21(26)16-9-11-24(12-10-16)29(27,28)19-6-4-3-5-17(19)20(22)25/h3-8,13,16H,9-12H2,1-2H3,(H2,22,25)(H,23,26). The second-order valence-corrected chi connectivity index (χ2v) is 9.25. The molecule has 1 fully saturated rings. The molecule has 8 heteroatoms. The van der Waals surface area contributed by atoms with Crippen molar-refractivity contribution < 1.29 is 18.0 Å². The van der Waals surface area contributed by atoms with E-state index in [2.05, 4.69) is 5.32 Å². The van der Waals surface area contributed by atoms with Gasteiger partial charge in [-0.3, -0.25) is 9.59 Å². The summed E-state index contributed by atoms with van der Waals surface area (Å²) >= 11 is 0. The monoisotopic (exact) mass is 415 g/mol. The average Bonchev–Trinajstić information content (AvgIpc) is 2.70. The zero-order chi connectivity index (χ0) is 21.2. The van der Waals surface area contributed by atoms with Crippen molar-refractivity contribution in [3.8, 4) is 0 Å². The molecule has 3 N–H and O–H groups in total. The fraction of sp³-hybridized carbons (Fsp3) is 0.333. The van der Waals surface area contributed by atoms with E-state index < -0.39 is 15.9 Å². The number of hydrogen-bond donors (Lipinski definition) is 2. The predicted octanol–water partition coefficient (Wildman–Crippen LogP) is 2.44. The molecule has 1 saturated heterocycles. The number of nitrogens with one attached hydrogen (secondary N) is 1. The molecule has 1 aliphatic rings. The van der Waals surface area contributed by atoms with Gasteiger partial charge in [-0.25, -0.2) is 8.42 Å². The molecule has 2 aromatic rings. The molecular formula is C21H25N3O4S. The van der Waals surface area contributed by atoms with E-state index in [9.17, 15) is 18.0 Å². The van der Waals surface area contributed by atoms with Crippen LogP contribution in [0.15, 0.2) is 47.4 Å². The van der Waals surface area contributed by atoms with E-state index in [1.165, 1.54) is 16.4 Å². The molecule has 0 saturated carbocycles. The third-order valence-corrected chi connectivity index (χ3v) is 7.20. The van der Waals surface area contributed by atoms with Crippen LogP contribution in [0.5, 0.6) is 0 Å². The van der Waals surface area contributed by atoms with Crippen LogP contribution in [-0.2, 0) is 14.8 Å². The zero-order valence-corrected chi connectivity index (χ0v) is 17.3. The van der Waals surface area contributed by atoms with Crippen molar-refractivity contribution in [1.29, 1.82) is 0 Å². The third-order valence-electron chi connectivity index (χ3n) is 5.25. The summed E-state index contributed by atoms with van der Waals surface area (Å²) in [5.74, 6) is -1.16. The largest absolute Gasteiger partial charge is 0.366 e. The van der Waals surface area contributed by atoms with Gasteiger partial charge in [0.2, 0.25) is 21.8 Å². The number of amides is 2. The Labute approximate surface area is 171 Å². The molecule has 0 aliphatic carbocycles. The van der Waals surface area contributed by atoms with E-state index in [1.54, 1.807) is 12.1 Å². The highest BCUT2D eigenvalue weighted by Crippen LogP contribution is 2.27. The number of nitrogens with zero attached hydrogens (tertiary/aromatic N) is 1. The Morgan fingerprint density at radius 1 is 1.07 bits per heavy atom. The normalized spacial score (nSPS) is 15.8. The van der Waals surface area contributed by atoms with E-state index in [-0.39, 0.29) is 35.4 Å². The molecule has 0 atom stereocenters. The Hall–Kier alpha value is -2.71. The van der Waals surface area contributed by atoms with Gasteiger partial charge in [0.05, 0.1) is 10.5 Å². The molecular weight excluding hydrogens is 390 g/mol. The van der Waals surface area contributed by atoms with E-state index in [4.69, 9.17) is 5.73 Å². The summed E-state index contributed by atoms with van der Waals surface area (Å²) in [5.41, 5.74) is 8.11. The van der Waals surface area contributed by atoms with Crippen molar-refractivity contribution >= 4 is 27.5 Å². The van der Waals surface area contributed by atoms with Crippen LogP contribution in [0.1, 0.15) is 34.3 Å². The van der Waals surface area contributed by atoms with Crippen molar-refractivity contribution in [3.05, 3.63) is 59.2 Å². The lowest BCUT2D eigenvalue weighted by Crippen LogP contribution is -2.42. The first-order valence-corrected chi connectivity index (χ1v) is 10.9. The molecule has 0 spiro atoms. The van der Waals surface area contributed by atoms with Crippen molar-refractivity contribution in [3.63, 3.8) is 0 Å². The lowest BCUT2D eigenvalue weighted by atomic mass is 9.97.